The highest BCUT2D eigenvalue weighted by Gasteiger charge is 2.36. The van der Waals surface area contributed by atoms with Gasteiger partial charge in [0.15, 0.2) is 11.5 Å². The Kier molecular flexibility index (Phi) is 7.18. The normalized spacial score (nSPS) is 13.6. The van der Waals surface area contributed by atoms with E-state index < -0.39 is 5.91 Å². The first-order valence-electron chi connectivity index (χ1n) is 10.5. The Morgan fingerprint density at radius 2 is 1.52 bits per heavy atom. The lowest BCUT2D eigenvalue weighted by molar-refractivity contribution is -0.135. The Balaban J connectivity index is 1.96. The average molecular weight is 424 g/mol. The van der Waals surface area contributed by atoms with Crippen molar-refractivity contribution in [2.24, 2.45) is 0 Å². The summed E-state index contributed by atoms with van der Waals surface area (Å²) in [7, 11) is 1.47. The van der Waals surface area contributed by atoms with E-state index in [2.05, 4.69) is 5.32 Å². The molecule has 2 aromatic rings. The first kappa shape index (κ1) is 22.2. The van der Waals surface area contributed by atoms with Gasteiger partial charge in [-0.25, -0.2) is 0 Å². The minimum atomic E-state index is -0.391. The number of likely N-dealkylation sites (N-methyl/N-ethyl adjacent to an activating group) is 1. The topological polar surface area (TPSA) is 77.1 Å². The predicted octanol–water partition coefficient (Wildman–Crippen LogP) is 4.09. The number of carbonyl (C=O) groups excluding carboxylic acids is 2. The molecule has 0 radical (unpaired) electrons. The van der Waals surface area contributed by atoms with Gasteiger partial charge in [-0.3, -0.25) is 14.5 Å². The van der Waals surface area contributed by atoms with Gasteiger partial charge in [0.25, 0.3) is 11.8 Å². The van der Waals surface area contributed by atoms with Crippen molar-refractivity contribution in [3.05, 3.63) is 53.7 Å². The fourth-order valence-corrected chi connectivity index (χ4v) is 3.24. The van der Waals surface area contributed by atoms with Gasteiger partial charge < -0.3 is 19.5 Å². The molecule has 0 unspecified atom stereocenters. The molecular formula is C24H28N2O5. The number of hydrogen-bond acceptors (Lipinski definition) is 6. The largest absolute Gasteiger partial charge is 0.494 e. The van der Waals surface area contributed by atoms with E-state index in [9.17, 15) is 9.59 Å². The first-order valence-corrected chi connectivity index (χ1v) is 10.5. The maximum atomic E-state index is 12.8. The Morgan fingerprint density at radius 1 is 0.839 bits per heavy atom. The van der Waals surface area contributed by atoms with Gasteiger partial charge in [0, 0.05) is 18.8 Å². The molecule has 3 rings (SSSR count). The molecule has 0 bridgehead atoms. The molecule has 1 aliphatic heterocycles. The summed E-state index contributed by atoms with van der Waals surface area (Å²) in [4.78, 5) is 26.7. The smallest absolute Gasteiger partial charge is 0.277 e. The zero-order valence-corrected chi connectivity index (χ0v) is 18.4. The lowest BCUT2D eigenvalue weighted by atomic mass is 10.0. The zero-order chi connectivity index (χ0) is 22.4. The summed E-state index contributed by atoms with van der Waals surface area (Å²) in [6, 6.07) is 12.5. The molecular weight excluding hydrogens is 396 g/mol. The van der Waals surface area contributed by atoms with Gasteiger partial charge in [0.05, 0.1) is 25.4 Å². The number of nitrogens with zero attached hydrogens (tertiary/aromatic N) is 1. The van der Waals surface area contributed by atoms with Gasteiger partial charge in [-0.1, -0.05) is 19.1 Å². The monoisotopic (exact) mass is 424 g/mol. The van der Waals surface area contributed by atoms with Crippen LogP contribution in [0.15, 0.2) is 48.2 Å². The quantitative estimate of drug-likeness (QED) is 0.579. The molecule has 0 spiro atoms. The van der Waals surface area contributed by atoms with Gasteiger partial charge in [-0.2, -0.15) is 0 Å². The third-order valence-electron chi connectivity index (χ3n) is 4.72. The minimum Gasteiger partial charge on any atom is -0.494 e. The van der Waals surface area contributed by atoms with Crippen molar-refractivity contribution in [3.63, 3.8) is 0 Å². The number of anilines is 1. The van der Waals surface area contributed by atoms with Crippen LogP contribution in [0.1, 0.15) is 32.8 Å². The molecule has 164 valence electrons. The predicted molar refractivity (Wildman–Crippen MR) is 119 cm³/mol. The highest BCUT2D eigenvalue weighted by molar-refractivity contribution is 6.36. The van der Waals surface area contributed by atoms with E-state index >= 15 is 0 Å². The highest BCUT2D eigenvalue weighted by atomic mass is 16.5. The Morgan fingerprint density at radius 3 is 2.16 bits per heavy atom. The third-order valence-corrected chi connectivity index (χ3v) is 4.72. The molecule has 1 N–H and O–H groups in total. The minimum absolute atomic E-state index is 0.223. The molecule has 0 aliphatic carbocycles. The molecule has 2 amide bonds. The summed E-state index contributed by atoms with van der Waals surface area (Å²) in [5.74, 6) is 1.17. The lowest BCUT2D eigenvalue weighted by Gasteiger charge is -2.14. The summed E-state index contributed by atoms with van der Waals surface area (Å²) >= 11 is 0. The Hall–Kier alpha value is -3.48. The van der Waals surface area contributed by atoms with Crippen LogP contribution >= 0.6 is 0 Å². The van der Waals surface area contributed by atoms with Crippen LogP contribution in [-0.4, -0.2) is 43.6 Å². The van der Waals surface area contributed by atoms with Crippen LogP contribution < -0.4 is 19.5 Å². The second-order valence-electron chi connectivity index (χ2n) is 6.94. The molecule has 31 heavy (non-hydrogen) atoms. The van der Waals surface area contributed by atoms with Crippen molar-refractivity contribution in [1.82, 2.24) is 4.90 Å². The van der Waals surface area contributed by atoms with Crippen LogP contribution in [0.2, 0.25) is 0 Å². The first-order chi connectivity index (χ1) is 15.0. The van der Waals surface area contributed by atoms with Crippen LogP contribution in [0.4, 0.5) is 5.69 Å². The van der Waals surface area contributed by atoms with Gasteiger partial charge in [-0.15, -0.1) is 0 Å². The Bertz CT molecular complexity index is 982. The highest BCUT2D eigenvalue weighted by Crippen LogP contribution is 2.34. The van der Waals surface area contributed by atoms with E-state index in [1.165, 1.54) is 7.05 Å². The number of benzene rings is 2. The van der Waals surface area contributed by atoms with Crippen molar-refractivity contribution < 1.29 is 23.8 Å². The fourth-order valence-electron chi connectivity index (χ4n) is 3.24. The van der Waals surface area contributed by atoms with E-state index in [-0.39, 0.29) is 11.6 Å². The summed E-state index contributed by atoms with van der Waals surface area (Å²) in [5, 5.41) is 3.12. The second kappa shape index (κ2) is 10.0. The standard InChI is InChI=1S/C24H28N2O5/c1-5-14-31-18-11-8-16(9-12-18)21-22(24(28)26(4)23(21)27)25-17-10-13-19(29-6-2)20(15-17)30-7-3/h8-13,15,25H,5-7,14H2,1-4H3. The van der Waals surface area contributed by atoms with Crippen LogP contribution in [0.5, 0.6) is 17.2 Å². The molecule has 0 saturated heterocycles. The fraction of sp³-hybridized carbons (Fsp3) is 0.333. The van der Waals surface area contributed by atoms with Crippen LogP contribution in [0.25, 0.3) is 5.57 Å². The average Bonchev–Trinajstić information content (AvgIpc) is 2.98. The summed E-state index contributed by atoms with van der Waals surface area (Å²) in [6.07, 6.45) is 0.907. The van der Waals surface area contributed by atoms with Crippen molar-refractivity contribution >= 4 is 23.1 Å². The summed E-state index contributed by atoms with van der Waals surface area (Å²) in [6.45, 7) is 7.43. The molecule has 7 heteroatoms. The summed E-state index contributed by atoms with van der Waals surface area (Å²) < 4.78 is 16.9. The molecule has 0 aromatic heterocycles. The van der Waals surface area contributed by atoms with Crippen LogP contribution in [0, 0.1) is 0 Å². The zero-order valence-electron chi connectivity index (χ0n) is 18.4. The van der Waals surface area contributed by atoms with Gasteiger partial charge in [-0.05, 0) is 50.1 Å². The molecule has 7 nitrogen and oxygen atoms in total. The molecule has 0 saturated carbocycles. The SMILES string of the molecule is CCCOc1ccc(C2=C(Nc3ccc(OCC)c(OCC)c3)C(=O)N(C)C2=O)cc1. The number of hydrogen-bond donors (Lipinski definition) is 1. The van der Waals surface area contributed by atoms with Crippen molar-refractivity contribution in [1.29, 1.82) is 0 Å². The molecule has 1 heterocycles. The lowest BCUT2D eigenvalue weighted by Crippen LogP contribution is -2.27. The molecule has 0 fully saturated rings. The van der Waals surface area contributed by atoms with Crippen LogP contribution in [-0.2, 0) is 9.59 Å². The van der Waals surface area contributed by atoms with E-state index in [0.29, 0.717) is 48.1 Å². The number of ether oxygens (including phenoxy) is 3. The van der Waals surface area contributed by atoms with Gasteiger partial charge in [0.2, 0.25) is 0 Å². The number of nitrogens with one attached hydrogen (secondary N) is 1. The van der Waals surface area contributed by atoms with Gasteiger partial charge in [0.1, 0.15) is 11.4 Å². The third kappa shape index (κ3) is 4.82. The summed E-state index contributed by atoms with van der Waals surface area (Å²) in [5.41, 5.74) is 1.81. The van der Waals surface area contributed by atoms with E-state index in [1.807, 2.05) is 20.8 Å². The maximum absolute atomic E-state index is 12.8. The molecule has 2 aromatic carbocycles. The molecule has 1 aliphatic rings. The number of imide groups is 1. The van der Waals surface area contributed by atoms with Crippen molar-refractivity contribution in [2.75, 3.05) is 32.2 Å². The van der Waals surface area contributed by atoms with Crippen molar-refractivity contribution in [3.8, 4) is 17.2 Å². The molecule has 0 atom stereocenters. The van der Waals surface area contributed by atoms with E-state index in [4.69, 9.17) is 14.2 Å². The van der Waals surface area contributed by atoms with Crippen LogP contribution in [0.3, 0.4) is 0 Å². The number of carbonyl (C=O) groups is 2. The van der Waals surface area contributed by atoms with E-state index in [0.717, 1.165) is 17.1 Å². The Labute approximate surface area is 182 Å². The van der Waals surface area contributed by atoms with Crippen molar-refractivity contribution in [2.45, 2.75) is 27.2 Å². The maximum Gasteiger partial charge on any atom is 0.277 e. The number of amides is 2. The number of rotatable bonds is 10. The van der Waals surface area contributed by atoms with Gasteiger partial charge >= 0.3 is 0 Å². The second-order valence-corrected chi connectivity index (χ2v) is 6.94. The van der Waals surface area contributed by atoms with E-state index in [1.54, 1.807) is 42.5 Å².